The van der Waals surface area contributed by atoms with Crippen molar-refractivity contribution < 1.29 is 8.78 Å². The monoisotopic (exact) mass is 525 g/mol. The van der Waals surface area contributed by atoms with Gasteiger partial charge in [-0.25, -0.2) is 13.8 Å². The van der Waals surface area contributed by atoms with E-state index >= 15 is 0 Å². The van der Waals surface area contributed by atoms with Crippen LogP contribution in [0.4, 0.5) is 14.6 Å². The average molecular weight is 526 g/mol. The Hall–Kier alpha value is -3.14. The second kappa shape index (κ2) is 11.1. The normalized spacial score (nSPS) is 16.7. The van der Waals surface area contributed by atoms with Gasteiger partial charge in [0.2, 0.25) is 5.28 Å². The van der Waals surface area contributed by atoms with Crippen LogP contribution in [0.25, 0.3) is 11.2 Å². The van der Waals surface area contributed by atoms with Crippen LogP contribution in [0.1, 0.15) is 30.5 Å². The van der Waals surface area contributed by atoms with Crippen molar-refractivity contribution in [3.8, 4) is 0 Å². The highest BCUT2D eigenvalue weighted by atomic mass is 35.5. The van der Waals surface area contributed by atoms with Crippen LogP contribution in [0.3, 0.4) is 0 Å². The van der Waals surface area contributed by atoms with E-state index in [-0.39, 0.29) is 29.0 Å². The van der Waals surface area contributed by atoms with Crippen LogP contribution in [0.15, 0.2) is 54.9 Å². The maximum absolute atomic E-state index is 13.7. The summed E-state index contributed by atoms with van der Waals surface area (Å²) in [6.45, 7) is 5.81. The van der Waals surface area contributed by atoms with Gasteiger partial charge < -0.3 is 14.8 Å². The van der Waals surface area contributed by atoms with Gasteiger partial charge in [-0.15, -0.1) is 0 Å². The number of nitrogens with one attached hydrogen (secondary N) is 1. The molecule has 1 fully saturated rings. The van der Waals surface area contributed by atoms with Gasteiger partial charge in [-0.2, -0.15) is 9.97 Å². The third-order valence-electron chi connectivity index (χ3n) is 7.01. The van der Waals surface area contributed by atoms with Crippen LogP contribution in [-0.2, 0) is 6.54 Å². The molecular formula is C27H30ClF2N7. The lowest BCUT2D eigenvalue weighted by molar-refractivity contribution is 0.180. The number of hydrogen-bond acceptors (Lipinski definition) is 6. The van der Waals surface area contributed by atoms with Crippen LogP contribution in [0.5, 0.6) is 0 Å². The fourth-order valence-electron chi connectivity index (χ4n) is 5.15. The minimum atomic E-state index is -0.281. The quantitative estimate of drug-likeness (QED) is 0.337. The van der Waals surface area contributed by atoms with E-state index in [4.69, 9.17) is 11.6 Å². The minimum absolute atomic E-state index is 0.132. The molecule has 0 radical (unpaired) electrons. The number of imidazole rings is 1. The lowest BCUT2D eigenvalue weighted by atomic mass is 9.95. The minimum Gasteiger partial charge on any atom is -0.349 e. The Morgan fingerprint density at radius 3 is 2.24 bits per heavy atom. The molecule has 0 spiro atoms. The molecule has 0 amide bonds. The van der Waals surface area contributed by atoms with Gasteiger partial charge in [-0.1, -0.05) is 31.2 Å². The molecule has 0 saturated carbocycles. The maximum atomic E-state index is 13.7. The number of anilines is 1. The molecule has 4 aromatic rings. The molecule has 5 rings (SSSR count). The molecule has 1 unspecified atom stereocenters. The van der Waals surface area contributed by atoms with E-state index in [2.05, 4.69) is 37.0 Å². The van der Waals surface area contributed by atoms with E-state index in [9.17, 15) is 8.78 Å². The van der Waals surface area contributed by atoms with Gasteiger partial charge in [0.25, 0.3) is 0 Å². The number of hydrogen-bond donors (Lipinski definition) is 1. The molecule has 1 atom stereocenters. The smallest absolute Gasteiger partial charge is 0.226 e. The predicted molar refractivity (Wildman–Crippen MR) is 142 cm³/mol. The first-order chi connectivity index (χ1) is 18.0. The molecule has 3 heterocycles. The zero-order valence-electron chi connectivity index (χ0n) is 20.9. The van der Waals surface area contributed by atoms with Gasteiger partial charge in [-0.05, 0) is 60.5 Å². The zero-order chi connectivity index (χ0) is 25.9. The summed E-state index contributed by atoms with van der Waals surface area (Å²) in [5.41, 5.74) is 3.39. The van der Waals surface area contributed by atoms with Gasteiger partial charge in [0.05, 0.1) is 12.4 Å². The van der Waals surface area contributed by atoms with Crippen LogP contribution < -0.4 is 10.2 Å². The highest BCUT2D eigenvalue weighted by molar-refractivity contribution is 6.28. The van der Waals surface area contributed by atoms with E-state index in [1.54, 1.807) is 6.33 Å². The number of nitrogens with zero attached hydrogens (tertiary/aromatic N) is 6. The Balaban J connectivity index is 1.47. The molecule has 0 aliphatic carbocycles. The maximum Gasteiger partial charge on any atom is 0.226 e. The van der Waals surface area contributed by atoms with Crippen molar-refractivity contribution in [1.29, 1.82) is 0 Å². The molecule has 0 bridgehead atoms. The Morgan fingerprint density at radius 1 is 1.00 bits per heavy atom. The third-order valence-corrected chi connectivity index (χ3v) is 7.18. The van der Waals surface area contributed by atoms with E-state index in [1.165, 1.54) is 24.3 Å². The number of benzene rings is 2. The third kappa shape index (κ3) is 5.30. The van der Waals surface area contributed by atoms with Gasteiger partial charge in [-0.3, -0.25) is 4.90 Å². The lowest BCUT2D eigenvalue weighted by Gasteiger charge is -2.45. The molecule has 2 aromatic heterocycles. The molecule has 1 N–H and O–H groups in total. The van der Waals surface area contributed by atoms with E-state index in [0.29, 0.717) is 6.54 Å². The molecule has 194 valence electrons. The second-order valence-electron chi connectivity index (χ2n) is 9.29. The van der Waals surface area contributed by atoms with E-state index < -0.39 is 0 Å². The Morgan fingerprint density at radius 2 is 1.65 bits per heavy atom. The van der Waals surface area contributed by atoms with Crippen molar-refractivity contribution in [1.82, 2.24) is 29.7 Å². The number of fused-ring (bicyclic) bond motifs is 1. The number of aromatic nitrogens is 4. The summed E-state index contributed by atoms with van der Waals surface area (Å²) in [5.74, 6) is 0.179. The van der Waals surface area contributed by atoms with Gasteiger partial charge in [0, 0.05) is 38.8 Å². The molecule has 1 saturated heterocycles. The van der Waals surface area contributed by atoms with Crippen molar-refractivity contribution in [3.63, 3.8) is 0 Å². The van der Waals surface area contributed by atoms with Gasteiger partial charge in [0.1, 0.15) is 11.6 Å². The van der Waals surface area contributed by atoms with Crippen molar-refractivity contribution >= 4 is 28.6 Å². The number of piperazine rings is 1. The first-order valence-corrected chi connectivity index (χ1v) is 12.9. The van der Waals surface area contributed by atoms with Gasteiger partial charge in [0.15, 0.2) is 17.0 Å². The largest absolute Gasteiger partial charge is 0.349 e. The molecular weight excluding hydrogens is 496 g/mol. The number of rotatable bonds is 8. The van der Waals surface area contributed by atoms with Crippen LogP contribution in [-0.4, -0.2) is 63.7 Å². The Labute approximate surface area is 220 Å². The second-order valence-corrected chi connectivity index (χ2v) is 9.62. The number of halogens is 3. The van der Waals surface area contributed by atoms with Crippen molar-refractivity contribution in [2.75, 3.05) is 38.1 Å². The topological polar surface area (TPSA) is 62.1 Å². The first kappa shape index (κ1) is 25.5. The Bertz CT molecular complexity index is 1300. The van der Waals surface area contributed by atoms with Crippen LogP contribution in [0, 0.1) is 11.6 Å². The Kier molecular flexibility index (Phi) is 7.64. The van der Waals surface area contributed by atoms with Gasteiger partial charge >= 0.3 is 0 Å². The average Bonchev–Trinajstić information content (AvgIpc) is 3.31. The lowest BCUT2D eigenvalue weighted by Crippen LogP contribution is -2.54. The fraction of sp³-hybridized carbons (Fsp3) is 0.370. The van der Waals surface area contributed by atoms with Crippen molar-refractivity contribution in [2.45, 2.75) is 32.0 Å². The summed E-state index contributed by atoms with van der Waals surface area (Å²) in [5, 5.41) is 3.34. The van der Waals surface area contributed by atoms with E-state index in [1.807, 2.05) is 35.9 Å². The van der Waals surface area contributed by atoms with Crippen molar-refractivity contribution in [2.24, 2.45) is 0 Å². The summed E-state index contributed by atoms with van der Waals surface area (Å²) in [6.07, 6.45) is 2.66. The molecule has 7 nitrogen and oxygen atoms in total. The molecule has 1 aliphatic heterocycles. The summed E-state index contributed by atoms with van der Waals surface area (Å²) in [6, 6.07) is 13.1. The summed E-state index contributed by atoms with van der Waals surface area (Å²) in [7, 11) is 1.91. The van der Waals surface area contributed by atoms with Crippen LogP contribution >= 0.6 is 11.6 Å². The molecule has 10 heteroatoms. The number of likely N-dealkylation sites (N-methyl/N-ethyl adjacent to an activating group) is 1. The fourth-order valence-corrected chi connectivity index (χ4v) is 5.31. The molecule has 2 aromatic carbocycles. The summed E-state index contributed by atoms with van der Waals surface area (Å²) < 4.78 is 29.4. The first-order valence-electron chi connectivity index (χ1n) is 12.5. The van der Waals surface area contributed by atoms with Crippen molar-refractivity contribution in [3.05, 3.63) is 82.9 Å². The molecule has 37 heavy (non-hydrogen) atoms. The SMILES string of the molecule is CCC1CN(C(c2ccc(F)cc2)c2ccc(F)cc2)CCN1c1nc(Cl)nc2c1ncn2CCNC. The highest BCUT2D eigenvalue weighted by Crippen LogP contribution is 2.34. The zero-order valence-corrected chi connectivity index (χ0v) is 21.7. The van der Waals surface area contributed by atoms with E-state index in [0.717, 1.165) is 60.7 Å². The standard InChI is InChI=1S/C27H30ClF2N7/c1-3-22-16-35(24(18-4-8-20(29)9-5-18)19-6-10-21(30)11-7-19)14-15-37(22)26-23-25(33-27(28)34-26)36(17-32-23)13-12-31-2/h4-11,17,22,24,31H,3,12-16H2,1-2H3. The molecule has 1 aliphatic rings. The summed E-state index contributed by atoms with van der Waals surface area (Å²) in [4.78, 5) is 18.4. The van der Waals surface area contributed by atoms with Crippen LogP contribution in [0.2, 0.25) is 5.28 Å². The summed E-state index contributed by atoms with van der Waals surface area (Å²) >= 11 is 6.38. The highest BCUT2D eigenvalue weighted by Gasteiger charge is 2.34. The predicted octanol–water partition coefficient (Wildman–Crippen LogP) is 4.67.